The lowest BCUT2D eigenvalue weighted by molar-refractivity contribution is 0.166. The van der Waals surface area contributed by atoms with E-state index in [4.69, 9.17) is 10.6 Å². The molecule has 2 aromatic carbocycles. The fourth-order valence-corrected chi connectivity index (χ4v) is 3.60. The van der Waals surface area contributed by atoms with Gasteiger partial charge in [0.1, 0.15) is 17.7 Å². The molecule has 110 valence electrons. The van der Waals surface area contributed by atoms with Crippen molar-refractivity contribution >= 4 is 11.8 Å². The largest absolute Gasteiger partial charge is 0.486 e. The van der Waals surface area contributed by atoms with Gasteiger partial charge in [-0.3, -0.25) is 5.84 Å². The van der Waals surface area contributed by atoms with Crippen molar-refractivity contribution in [2.24, 2.45) is 5.84 Å². The molecule has 5 heteroatoms. The third-order valence-electron chi connectivity index (χ3n) is 3.51. The molecule has 1 aliphatic rings. The van der Waals surface area contributed by atoms with E-state index in [9.17, 15) is 4.39 Å². The van der Waals surface area contributed by atoms with E-state index in [2.05, 4.69) is 5.43 Å². The second-order valence-corrected chi connectivity index (χ2v) is 6.18. The topological polar surface area (TPSA) is 47.3 Å². The summed E-state index contributed by atoms with van der Waals surface area (Å²) in [7, 11) is 0. The van der Waals surface area contributed by atoms with Crippen molar-refractivity contribution in [3.05, 3.63) is 59.4 Å². The number of hydrogen-bond acceptors (Lipinski definition) is 4. The van der Waals surface area contributed by atoms with Crippen molar-refractivity contribution in [2.45, 2.75) is 24.0 Å². The Balaban J connectivity index is 1.88. The highest BCUT2D eigenvalue weighted by Gasteiger charge is 2.29. The van der Waals surface area contributed by atoms with E-state index >= 15 is 0 Å². The Hall–Kier alpha value is -1.56. The SMILES string of the molecule is Cc1cc(F)cc(C(NN)C2CSc3ccccc3O2)c1. The van der Waals surface area contributed by atoms with Crippen LogP contribution in [-0.4, -0.2) is 11.9 Å². The lowest BCUT2D eigenvalue weighted by atomic mass is 10.0. The van der Waals surface area contributed by atoms with Gasteiger partial charge in [0.15, 0.2) is 0 Å². The van der Waals surface area contributed by atoms with Gasteiger partial charge in [0.05, 0.1) is 6.04 Å². The second-order valence-electron chi connectivity index (χ2n) is 5.12. The van der Waals surface area contributed by atoms with E-state index in [-0.39, 0.29) is 18.0 Å². The molecule has 2 unspecified atom stereocenters. The number of hydrogen-bond donors (Lipinski definition) is 2. The Labute approximate surface area is 127 Å². The number of aryl methyl sites for hydroxylation is 1. The lowest BCUT2D eigenvalue weighted by Gasteiger charge is -2.31. The number of fused-ring (bicyclic) bond motifs is 1. The van der Waals surface area contributed by atoms with Crippen LogP contribution in [-0.2, 0) is 0 Å². The first-order chi connectivity index (χ1) is 10.2. The number of thioether (sulfide) groups is 1. The smallest absolute Gasteiger partial charge is 0.133 e. The van der Waals surface area contributed by atoms with Crippen LogP contribution in [0.2, 0.25) is 0 Å². The van der Waals surface area contributed by atoms with Crippen LogP contribution in [0.5, 0.6) is 5.75 Å². The Bertz CT molecular complexity index is 630. The zero-order valence-electron chi connectivity index (χ0n) is 11.7. The maximum absolute atomic E-state index is 13.6. The van der Waals surface area contributed by atoms with Gasteiger partial charge in [-0.1, -0.05) is 18.2 Å². The van der Waals surface area contributed by atoms with Gasteiger partial charge in [0.2, 0.25) is 0 Å². The second kappa shape index (κ2) is 6.05. The van der Waals surface area contributed by atoms with Gasteiger partial charge in [-0.15, -0.1) is 11.8 Å². The molecule has 0 fully saturated rings. The van der Waals surface area contributed by atoms with Gasteiger partial charge in [0.25, 0.3) is 0 Å². The number of nitrogens with two attached hydrogens (primary N) is 1. The maximum atomic E-state index is 13.6. The molecular weight excluding hydrogens is 287 g/mol. The summed E-state index contributed by atoms with van der Waals surface area (Å²) < 4.78 is 19.6. The molecule has 2 aromatic rings. The number of ether oxygens (including phenoxy) is 1. The van der Waals surface area contributed by atoms with Crippen molar-refractivity contribution in [1.82, 2.24) is 5.43 Å². The number of benzene rings is 2. The Morgan fingerprint density at radius 2 is 2.14 bits per heavy atom. The van der Waals surface area contributed by atoms with Crippen molar-refractivity contribution in [3.63, 3.8) is 0 Å². The molecule has 3 N–H and O–H groups in total. The molecule has 0 saturated carbocycles. The van der Waals surface area contributed by atoms with Crippen LogP contribution < -0.4 is 16.0 Å². The number of nitrogens with one attached hydrogen (secondary N) is 1. The summed E-state index contributed by atoms with van der Waals surface area (Å²) in [6.07, 6.45) is -0.143. The average molecular weight is 304 g/mol. The van der Waals surface area contributed by atoms with Crippen LogP contribution in [0, 0.1) is 12.7 Å². The standard InChI is InChI=1S/C16H17FN2OS/c1-10-6-11(8-12(17)7-10)16(19-18)14-9-21-15-5-3-2-4-13(15)20-14/h2-8,14,16,19H,9,18H2,1H3. The van der Waals surface area contributed by atoms with E-state index in [1.807, 2.05) is 37.3 Å². The number of rotatable bonds is 3. The van der Waals surface area contributed by atoms with E-state index in [0.717, 1.165) is 27.5 Å². The van der Waals surface area contributed by atoms with E-state index < -0.39 is 0 Å². The molecule has 3 rings (SSSR count). The van der Waals surface area contributed by atoms with E-state index in [1.165, 1.54) is 12.1 Å². The monoisotopic (exact) mass is 304 g/mol. The van der Waals surface area contributed by atoms with Crippen LogP contribution in [0.3, 0.4) is 0 Å². The summed E-state index contributed by atoms with van der Waals surface area (Å²) in [4.78, 5) is 1.12. The fourth-order valence-electron chi connectivity index (χ4n) is 2.56. The zero-order valence-corrected chi connectivity index (χ0v) is 12.5. The summed E-state index contributed by atoms with van der Waals surface area (Å²) in [6.45, 7) is 1.87. The van der Waals surface area contributed by atoms with Gasteiger partial charge in [-0.25, -0.2) is 9.82 Å². The zero-order chi connectivity index (χ0) is 14.8. The molecule has 0 radical (unpaired) electrons. The molecule has 0 saturated heterocycles. The third kappa shape index (κ3) is 3.05. The minimum absolute atomic E-state index is 0.143. The summed E-state index contributed by atoms with van der Waals surface area (Å²) in [5.74, 6) is 7.06. The van der Waals surface area contributed by atoms with Crippen molar-refractivity contribution in [3.8, 4) is 5.75 Å². The van der Waals surface area contributed by atoms with Gasteiger partial charge < -0.3 is 4.74 Å². The number of hydrazine groups is 1. The van der Waals surface area contributed by atoms with Crippen LogP contribution in [0.1, 0.15) is 17.2 Å². The van der Waals surface area contributed by atoms with Crippen molar-refractivity contribution in [1.29, 1.82) is 0 Å². The summed E-state index contributed by atoms with van der Waals surface area (Å²) in [6, 6.07) is 12.6. The van der Waals surface area contributed by atoms with Crippen molar-refractivity contribution in [2.75, 3.05) is 5.75 Å². The van der Waals surface area contributed by atoms with E-state index in [0.29, 0.717) is 0 Å². The minimum atomic E-state index is -0.255. The summed E-state index contributed by atoms with van der Waals surface area (Å²) >= 11 is 1.73. The normalized spacial score (nSPS) is 18.7. The molecular formula is C16H17FN2OS. The maximum Gasteiger partial charge on any atom is 0.133 e. The molecule has 0 spiro atoms. The highest BCUT2D eigenvalue weighted by molar-refractivity contribution is 7.99. The van der Waals surface area contributed by atoms with Gasteiger partial charge in [-0.2, -0.15) is 0 Å². The first-order valence-electron chi connectivity index (χ1n) is 6.79. The van der Waals surface area contributed by atoms with Crippen LogP contribution in [0.4, 0.5) is 4.39 Å². The van der Waals surface area contributed by atoms with Crippen LogP contribution in [0.15, 0.2) is 47.4 Å². The van der Waals surface area contributed by atoms with Gasteiger partial charge in [-0.05, 0) is 42.3 Å². The molecule has 0 amide bonds. The summed E-state index contributed by atoms with van der Waals surface area (Å²) in [5.41, 5.74) is 4.44. The third-order valence-corrected chi connectivity index (χ3v) is 4.65. The minimum Gasteiger partial charge on any atom is -0.486 e. The van der Waals surface area contributed by atoms with Gasteiger partial charge in [0, 0.05) is 10.6 Å². The number of halogens is 1. The van der Waals surface area contributed by atoms with Crippen molar-refractivity contribution < 1.29 is 9.13 Å². The Morgan fingerprint density at radius 3 is 2.90 bits per heavy atom. The van der Waals surface area contributed by atoms with Crippen LogP contribution in [0.25, 0.3) is 0 Å². The highest BCUT2D eigenvalue weighted by Crippen LogP contribution is 2.38. The molecule has 2 atom stereocenters. The molecule has 21 heavy (non-hydrogen) atoms. The lowest BCUT2D eigenvalue weighted by Crippen LogP contribution is -2.42. The van der Waals surface area contributed by atoms with Crippen LogP contribution >= 0.6 is 11.8 Å². The molecule has 0 bridgehead atoms. The van der Waals surface area contributed by atoms with E-state index in [1.54, 1.807) is 11.8 Å². The van der Waals surface area contributed by atoms with Gasteiger partial charge >= 0.3 is 0 Å². The fraction of sp³-hybridized carbons (Fsp3) is 0.250. The molecule has 0 aromatic heterocycles. The molecule has 1 heterocycles. The number of para-hydroxylation sites is 1. The quantitative estimate of drug-likeness (QED) is 0.675. The average Bonchev–Trinajstić information content (AvgIpc) is 2.47. The molecule has 1 aliphatic heterocycles. The predicted molar refractivity (Wildman–Crippen MR) is 82.8 cm³/mol. The summed E-state index contributed by atoms with van der Waals surface area (Å²) in [5, 5.41) is 0. The first-order valence-corrected chi connectivity index (χ1v) is 7.77. The highest BCUT2D eigenvalue weighted by atomic mass is 32.2. The Morgan fingerprint density at radius 1 is 1.33 bits per heavy atom. The first kappa shape index (κ1) is 14.4. The predicted octanol–water partition coefficient (Wildman–Crippen LogP) is 3.19. The molecule has 0 aliphatic carbocycles. The Kier molecular flexibility index (Phi) is 4.14. The molecule has 3 nitrogen and oxygen atoms in total.